The van der Waals surface area contributed by atoms with Crippen LogP contribution in [0, 0.1) is 5.82 Å². The van der Waals surface area contributed by atoms with E-state index in [2.05, 4.69) is 5.32 Å². The van der Waals surface area contributed by atoms with Gasteiger partial charge < -0.3 is 5.32 Å². The summed E-state index contributed by atoms with van der Waals surface area (Å²) in [6, 6.07) is 2.36. The molecule has 1 aliphatic rings. The van der Waals surface area contributed by atoms with Gasteiger partial charge in [-0.05, 0) is 12.1 Å². The van der Waals surface area contributed by atoms with E-state index < -0.39 is 23.8 Å². The summed E-state index contributed by atoms with van der Waals surface area (Å²) >= 11 is 5.75. The van der Waals surface area contributed by atoms with E-state index in [1.165, 1.54) is 18.2 Å². The minimum atomic E-state index is -1.05. The largest absolute Gasteiger partial charge is 0.322 e. The lowest BCUT2D eigenvalue weighted by Crippen LogP contribution is -2.22. The van der Waals surface area contributed by atoms with Crippen LogP contribution in [0.3, 0.4) is 0 Å². The Morgan fingerprint density at radius 2 is 2.07 bits per heavy atom. The zero-order valence-electron chi connectivity index (χ0n) is 7.38. The predicted molar refractivity (Wildman–Crippen MR) is 50.8 cm³/mol. The van der Waals surface area contributed by atoms with Crippen molar-refractivity contribution >= 4 is 23.5 Å². The fraction of sp³-hybridized carbons (Fsp3) is 0.111. The van der Waals surface area contributed by atoms with Gasteiger partial charge in [-0.15, -0.1) is 0 Å². The Balaban J connectivity index is 2.46. The number of carbonyl (C=O) groups excluding carboxylic acids is 2. The van der Waals surface area contributed by atoms with Crippen LogP contribution in [0.25, 0.3) is 0 Å². The van der Waals surface area contributed by atoms with Crippen LogP contribution < -0.4 is 10.6 Å². The van der Waals surface area contributed by atoms with E-state index in [0.29, 0.717) is 0 Å². The maximum absolute atomic E-state index is 13.4. The molecule has 1 aromatic carbocycles. The van der Waals surface area contributed by atoms with Gasteiger partial charge in [0.05, 0.1) is 0 Å². The molecule has 78 valence electrons. The molecule has 0 aromatic heterocycles. The fourth-order valence-corrected chi connectivity index (χ4v) is 1.68. The van der Waals surface area contributed by atoms with Crippen molar-refractivity contribution in [3.8, 4) is 0 Å². The summed E-state index contributed by atoms with van der Waals surface area (Å²) in [5.41, 5.74) is -0.0116. The Morgan fingerprint density at radius 1 is 1.33 bits per heavy atom. The van der Waals surface area contributed by atoms with E-state index in [1.807, 2.05) is 5.32 Å². The highest BCUT2D eigenvalue weighted by Crippen LogP contribution is 2.27. The summed E-state index contributed by atoms with van der Waals surface area (Å²) in [6.45, 7) is 0. The van der Waals surface area contributed by atoms with Crippen LogP contribution in [0.2, 0.25) is 5.02 Å². The first-order chi connectivity index (χ1) is 7.09. The molecule has 0 saturated carbocycles. The van der Waals surface area contributed by atoms with Gasteiger partial charge in [0, 0.05) is 10.6 Å². The first kappa shape index (κ1) is 9.92. The zero-order valence-corrected chi connectivity index (χ0v) is 8.14. The molecule has 1 fully saturated rings. The Labute approximate surface area is 89.4 Å². The molecule has 1 unspecified atom stereocenters. The molecule has 0 spiro atoms. The SMILES string of the molecule is O=C1NC(=O)C(c2c(F)cccc2Cl)N1. The van der Waals surface area contributed by atoms with E-state index >= 15 is 0 Å². The lowest BCUT2D eigenvalue weighted by molar-refractivity contribution is -0.120. The Morgan fingerprint density at radius 3 is 2.60 bits per heavy atom. The highest BCUT2D eigenvalue weighted by Gasteiger charge is 2.34. The molecular formula is C9H6ClFN2O2. The highest BCUT2D eigenvalue weighted by molar-refractivity contribution is 6.31. The molecular weight excluding hydrogens is 223 g/mol. The molecule has 2 rings (SSSR count). The molecule has 15 heavy (non-hydrogen) atoms. The summed E-state index contributed by atoms with van der Waals surface area (Å²) in [4.78, 5) is 22.1. The van der Waals surface area contributed by atoms with Crippen LogP contribution in [0.1, 0.15) is 11.6 Å². The summed E-state index contributed by atoms with van der Waals surface area (Å²) in [5, 5.41) is 4.39. The number of rotatable bonds is 1. The number of urea groups is 1. The molecule has 1 aliphatic heterocycles. The van der Waals surface area contributed by atoms with Crippen molar-refractivity contribution in [1.29, 1.82) is 0 Å². The molecule has 0 radical (unpaired) electrons. The van der Waals surface area contributed by atoms with Gasteiger partial charge in [0.15, 0.2) is 0 Å². The maximum atomic E-state index is 13.4. The number of halogens is 2. The van der Waals surface area contributed by atoms with Crippen molar-refractivity contribution in [1.82, 2.24) is 10.6 Å². The van der Waals surface area contributed by atoms with Crippen molar-refractivity contribution in [2.75, 3.05) is 0 Å². The summed E-state index contributed by atoms with van der Waals surface area (Å²) in [7, 11) is 0. The molecule has 4 nitrogen and oxygen atoms in total. The van der Waals surface area contributed by atoms with Gasteiger partial charge in [-0.1, -0.05) is 17.7 Å². The van der Waals surface area contributed by atoms with Gasteiger partial charge in [-0.3, -0.25) is 10.1 Å². The van der Waals surface area contributed by atoms with Crippen molar-refractivity contribution in [2.45, 2.75) is 6.04 Å². The van der Waals surface area contributed by atoms with E-state index in [1.54, 1.807) is 0 Å². The van der Waals surface area contributed by atoms with Crippen LogP contribution in [0.5, 0.6) is 0 Å². The number of nitrogens with one attached hydrogen (secondary N) is 2. The molecule has 3 amide bonds. The first-order valence-electron chi connectivity index (χ1n) is 4.15. The van der Waals surface area contributed by atoms with E-state index in [4.69, 9.17) is 11.6 Å². The number of imide groups is 1. The molecule has 6 heteroatoms. The third kappa shape index (κ3) is 1.66. The standard InChI is InChI=1S/C9H6ClFN2O2/c10-4-2-1-3-5(11)6(4)7-8(14)13-9(15)12-7/h1-3,7H,(H2,12,13,14,15). The lowest BCUT2D eigenvalue weighted by atomic mass is 10.1. The average molecular weight is 229 g/mol. The van der Waals surface area contributed by atoms with E-state index in [-0.39, 0.29) is 10.6 Å². The summed E-state index contributed by atoms with van der Waals surface area (Å²) in [5.74, 6) is -1.23. The Hall–Kier alpha value is -1.62. The molecule has 1 atom stereocenters. The quantitative estimate of drug-likeness (QED) is 0.713. The van der Waals surface area contributed by atoms with Gasteiger partial charge in [0.2, 0.25) is 0 Å². The van der Waals surface area contributed by atoms with Gasteiger partial charge in [-0.25, -0.2) is 9.18 Å². The van der Waals surface area contributed by atoms with Crippen LogP contribution in [0.4, 0.5) is 9.18 Å². The monoisotopic (exact) mass is 228 g/mol. The molecule has 0 bridgehead atoms. The number of hydrogen-bond acceptors (Lipinski definition) is 2. The van der Waals surface area contributed by atoms with Gasteiger partial charge in [0.25, 0.3) is 5.91 Å². The Bertz CT molecular complexity index is 429. The highest BCUT2D eigenvalue weighted by atomic mass is 35.5. The second kappa shape index (κ2) is 3.51. The normalized spacial score (nSPS) is 20.0. The molecule has 1 saturated heterocycles. The third-order valence-corrected chi connectivity index (χ3v) is 2.39. The first-order valence-corrected chi connectivity index (χ1v) is 4.52. The number of benzene rings is 1. The van der Waals surface area contributed by atoms with Crippen molar-refractivity contribution in [3.05, 3.63) is 34.6 Å². The van der Waals surface area contributed by atoms with Crippen LogP contribution >= 0.6 is 11.6 Å². The van der Waals surface area contributed by atoms with Crippen LogP contribution in [-0.4, -0.2) is 11.9 Å². The second-order valence-electron chi connectivity index (χ2n) is 3.03. The zero-order chi connectivity index (χ0) is 11.0. The number of amides is 3. The molecule has 1 aromatic rings. The smallest absolute Gasteiger partial charge is 0.322 e. The van der Waals surface area contributed by atoms with Gasteiger partial charge in [0.1, 0.15) is 11.9 Å². The summed E-state index contributed by atoms with van der Waals surface area (Å²) < 4.78 is 13.4. The lowest BCUT2D eigenvalue weighted by Gasteiger charge is -2.10. The molecule has 0 aliphatic carbocycles. The third-order valence-electron chi connectivity index (χ3n) is 2.06. The van der Waals surface area contributed by atoms with E-state index in [9.17, 15) is 14.0 Å². The van der Waals surface area contributed by atoms with Crippen LogP contribution in [-0.2, 0) is 4.79 Å². The fourth-order valence-electron chi connectivity index (χ4n) is 1.41. The minimum absolute atomic E-state index is 0.0116. The van der Waals surface area contributed by atoms with Crippen molar-refractivity contribution < 1.29 is 14.0 Å². The second-order valence-corrected chi connectivity index (χ2v) is 3.44. The van der Waals surface area contributed by atoms with Crippen LogP contribution in [0.15, 0.2) is 18.2 Å². The number of carbonyl (C=O) groups is 2. The minimum Gasteiger partial charge on any atom is -0.322 e. The molecule has 1 heterocycles. The van der Waals surface area contributed by atoms with Gasteiger partial charge >= 0.3 is 6.03 Å². The number of hydrogen-bond donors (Lipinski definition) is 2. The average Bonchev–Trinajstić information content (AvgIpc) is 2.45. The summed E-state index contributed by atoms with van der Waals surface area (Å²) in [6.07, 6.45) is 0. The Kier molecular flexibility index (Phi) is 2.32. The maximum Gasteiger partial charge on any atom is 0.322 e. The van der Waals surface area contributed by atoms with Crippen molar-refractivity contribution in [3.63, 3.8) is 0 Å². The van der Waals surface area contributed by atoms with E-state index in [0.717, 1.165) is 0 Å². The van der Waals surface area contributed by atoms with Crippen molar-refractivity contribution in [2.24, 2.45) is 0 Å². The molecule has 2 N–H and O–H groups in total. The topological polar surface area (TPSA) is 58.2 Å². The predicted octanol–water partition coefficient (Wildman–Crippen LogP) is 1.36. The van der Waals surface area contributed by atoms with Gasteiger partial charge in [-0.2, -0.15) is 0 Å².